The van der Waals surface area contributed by atoms with Gasteiger partial charge in [0, 0.05) is 17.5 Å². The molecule has 0 saturated heterocycles. The van der Waals surface area contributed by atoms with Crippen molar-refractivity contribution >= 4 is 5.91 Å². The number of amides is 1. The van der Waals surface area contributed by atoms with Gasteiger partial charge in [-0.25, -0.2) is 0 Å². The fourth-order valence-corrected chi connectivity index (χ4v) is 3.50. The molecule has 0 bridgehead atoms. The number of rotatable bonds is 5. The lowest BCUT2D eigenvalue weighted by molar-refractivity contribution is -0.125. The third-order valence-electron chi connectivity index (χ3n) is 5.01. The number of hydrogen-bond donors (Lipinski definition) is 1. The summed E-state index contributed by atoms with van der Waals surface area (Å²) in [7, 11) is 0. The van der Waals surface area contributed by atoms with Gasteiger partial charge in [0.2, 0.25) is 5.91 Å². The van der Waals surface area contributed by atoms with E-state index in [0.29, 0.717) is 6.54 Å². The van der Waals surface area contributed by atoms with Crippen LogP contribution in [0.4, 0.5) is 0 Å². The second kappa shape index (κ2) is 7.56. The fourth-order valence-electron chi connectivity index (χ4n) is 3.50. The van der Waals surface area contributed by atoms with Crippen LogP contribution in [0.3, 0.4) is 0 Å². The van der Waals surface area contributed by atoms with E-state index < -0.39 is 0 Å². The monoisotopic (exact) mass is 346 g/mol. The lowest BCUT2D eigenvalue weighted by Crippen LogP contribution is -2.28. The molecule has 0 atom stereocenters. The molecule has 2 aromatic carbocycles. The number of nitrogens with zero attached hydrogens (tertiary/aromatic N) is 1. The van der Waals surface area contributed by atoms with Gasteiger partial charge in [-0.1, -0.05) is 72.6 Å². The molecule has 1 N–H and O–H groups in total. The quantitative estimate of drug-likeness (QED) is 0.721. The number of hydrogen-bond acceptors (Lipinski definition) is 3. The summed E-state index contributed by atoms with van der Waals surface area (Å²) in [6.07, 6.45) is 4.32. The number of nitrogens with one attached hydrogen (secondary N) is 1. The van der Waals surface area contributed by atoms with Gasteiger partial charge >= 0.3 is 0 Å². The van der Waals surface area contributed by atoms with E-state index in [0.717, 1.165) is 48.3 Å². The lowest BCUT2D eigenvalue weighted by atomic mass is 10.0. The Bertz CT molecular complexity index is 863. The molecule has 4 rings (SSSR count). The summed E-state index contributed by atoms with van der Waals surface area (Å²) < 4.78 is 5.45. The van der Waals surface area contributed by atoms with Gasteiger partial charge in [-0.3, -0.25) is 4.79 Å². The van der Waals surface area contributed by atoms with Crippen LogP contribution in [0, 0.1) is 5.92 Å². The van der Waals surface area contributed by atoms with Crippen LogP contribution in [0.15, 0.2) is 65.2 Å². The van der Waals surface area contributed by atoms with Gasteiger partial charge in [-0.05, 0) is 24.0 Å². The predicted octanol–water partition coefficient (Wildman–Crippen LogP) is 4.82. The Labute approximate surface area is 153 Å². The Morgan fingerprint density at radius 3 is 2.35 bits per heavy atom. The Hall–Kier alpha value is -2.88. The van der Waals surface area contributed by atoms with Gasteiger partial charge in [0.05, 0.1) is 6.54 Å². The van der Waals surface area contributed by atoms with E-state index in [-0.39, 0.29) is 11.8 Å². The van der Waals surface area contributed by atoms with Crippen molar-refractivity contribution in [3.63, 3.8) is 0 Å². The molecule has 1 aliphatic rings. The van der Waals surface area contributed by atoms with E-state index in [1.165, 1.54) is 5.56 Å². The van der Waals surface area contributed by atoms with Crippen LogP contribution in [0.2, 0.25) is 0 Å². The molecule has 0 aliphatic heterocycles. The topological polar surface area (TPSA) is 55.1 Å². The number of carbonyl (C=O) groups excluding carboxylic acids is 1. The van der Waals surface area contributed by atoms with E-state index in [1.54, 1.807) is 0 Å². The summed E-state index contributed by atoms with van der Waals surface area (Å²) in [5, 5.41) is 7.06. The molecular weight excluding hydrogens is 324 g/mol. The zero-order valence-corrected chi connectivity index (χ0v) is 14.7. The maximum Gasteiger partial charge on any atom is 0.223 e. The van der Waals surface area contributed by atoms with Crippen LogP contribution in [0.25, 0.3) is 22.5 Å². The van der Waals surface area contributed by atoms with Crippen molar-refractivity contribution in [1.82, 2.24) is 10.5 Å². The highest BCUT2D eigenvalue weighted by atomic mass is 16.5. The van der Waals surface area contributed by atoms with E-state index >= 15 is 0 Å². The maximum atomic E-state index is 12.1. The molecule has 0 spiro atoms. The second-order valence-corrected chi connectivity index (χ2v) is 6.83. The van der Waals surface area contributed by atoms with Crippen molar-refractivity contribution in [2.75, 3.05) is 0 Å². The lowest BCUT2D eigenvalue weighted by Gasteiger charge is -2.08. The Balaban J connectivity index is 1.40. The predicted molar refractivity (Wildman–Crippen MR) is 101 cm³/mol. The molecule has 1 saturated carbocycles. The molecule has 0 radical (unpaired) electrons. The molecule has 26 heavy (non-hydrogen) atoms. The average Bonchev–Trinajstić information content (AvgIpc) is 3.39. The first-order valence-corrected chi connectivity index (χ1v) is 9.19. The molecule has 1 amide bonds. The third kappa shape index (κ3) is 3.69. The van der Waals surface area contributed by atoms with Gasteiger partial charge in [0.1, 0.15) is 5.69 Å². The number of benzene rings is 2. The molecule has 1 fully saturated rings. The minimum absolute atomic E-state index is 0.138. The van der Waals surface area contributed by atoms with Gasteiger partial charge in [0.25, 0.3) is 0 Å². The Morgan fingerprint density at radius 2 is 1.62 bits per heavy atom. The smallest absolute Gasteiger partial charge is 0.223 e. The molecule has 1 aromatic heterocycles. The van der Waals surface area contributed by atoms with Gasteiger partial charge in [0.15, 0.2) is 5.76 Å². The standard InChI is InChI=1S/C22H22N2O2/c25-22(19-8-4-5-9-19)23-15-20-14-21(26-24-20)18-12-10-17(11-13-18)16-6-2-1-3-7-16/h1-3,6-7,10-14,19H,4-5,8-9,15H2,(H,23,25). The average molecular weight is 346 g/mol. The summed E-state index contributed by atoms with van der Waals surface area (Å²) in [6, 6.07) is 20.4. The fraction of sp³-hybridized carbons (Fsp3) is 0.273. The van der Waals surface area contributed by atoms with Crippen molar-refractivity contribution in [1.29, 1.82) is 0 Å². The molecule has 3 aromatic rings. The van der Waals surface area contributed by atoms with Crippen LogP contribution < -0.4 is 5.32 Å². The molecule has 4 nitrogen and oxygen atoms in total. The zero-order chi connectivity index (χ0) is 17.8. The molecule has 1 aliphatic carbocycles. The van der Waals surface area contributed by atoms with E-state index in [1.807, 2.05) is 36.4 Å². The van der Waals surface area contributed by atoms with Crippen LogP contribution >= 0.6 is 0 Å². The largest absolute Gasteiger partial charge is 0.356 e. The van der Waals surface area contributed by atoms with Crippen LogP contribution in [0.1, 0.15) is 31.4 Å². The first-order chi connectivity index (χ1) is 12.8. The number of carbonyl (C=O) groups is 1. The summed E-state index contributed by atoms with van der Waals surface area (Å²) in [4.78, 5) is 12.1. The van der Waals surface area contributed by atoms with E-state index in [2.05, 4.69) is 34.7 Å². The minimum Gasteiger partial charge on any atom is -0.356 e. The summed E-state index contributed by atoms with van der Waals surface area (Å²) >= 11 is 0. The molecular formula is C22H22N2O2. The van der Waals surface area contributed by atoms with Gasteiger partial charge in [-0.2, -0.15) is 0 Å². The zero-order valence-electron chi connectivity index (χ0n) is 14.7. The molecule has 4 heteroatoms. The highest BCUT2D eigenvalue weighted by molar-refractivity contribution is 5.78. The van der Waals surface area contributed by atoms with Crippen molar-refractivity contribution in [2.24, 2.45) is 5.92 Å². The van der Waals surface area contributed by atoms with Crippen molar-refractivity contribution < 1.29 is 9.32 Å². The highest BCUT2D eigenvalue weighted by Crippen LogP contribution is 2.26. The van der Waals surface area contributed by atoms with Crippen LogP contribution in [-0.2, 0) is 11.3 Å². The Kier molecular flexibility index (Phi) is 4.82. The second-order valence-electron chi connectivity index (χ2n) is 6.83. The number of aromatic nitrogens is 1. The third-order valence-corrected chi connectivity index (χ3v) is 5.01. The first kappa shape index (κ1) is 16.6. The van der Waals surface area contributed by atoms with Gasteiger partial charge in [-0.15, -0.1) is 0 Å². The highest BCUT2D eigenvalue weighted by Gasteiger charge is 2.22. The first-order valence-electron chi connectivity index (χ1n) is 9.19. The SMILES string of the molecule is O=C(NCc1cc(-c2ccc(-c3ccccc3)cc2)on1)C1CCCC1. The molecule has 1 heterocycles. The maximum absolute atomic E-state index is 12.1. The normalized spacial score (nSPS) is 14.5. The van der Waals surface area contributed by atoms with Crippen molar-refractivity contribution in [3.05, 3.63) is 66.4 Å². The molecule has 0 unspecified atom stereocenters. The minimum atomic E-state index is 0.138. The van der Waals surface area contributed by atoms with E-state index in [4.69, 9.17) is 4.52 Å². The van der Waals surface area contributed by atoms with Gasteiger partial charge < -0.3 is 9.84 Å². The van der Waals surface area contributed by atoms with Crippen molar-refractivity contribution in [2.45, 2.75) is 32.2 Å². The summed E-state index contributed by atoms with van der Waals surface area (Å²) in [6.45, 7) is 0.418. The Morgan fingerprint density at radius 1 is 0.962 bits per heavy atom. The van der Waals surface area contributed by atoms with Crippen LogP contribution in [-0.4, -0.2) is 11.1 Å². The van der Waals surface area contributed by atoms with E-state index in [9.17, 15) is 4.79 Å². The summed E-state index contributed by atoms with van der Waals surface area (Å²) in [5.74, 6) is 1.03. The molecule has 132 valence electrons. The summed E-state index contributed by atoms with van der Waals surface area (Å²) in [5.41, 5.74) is 4.08. The van der Waals surface area contributed by atoms with Crippen LogP contribution in [0.5, 0.6) is 0 Å². The van der Waals surface area contributed by atoms with Crippen molar-refractivity contribution in [3.8, 4) is 22.5 Å².